The number of hydrogen-bond donors (Lipinski definition) is 0. The molecule has 92 valence electrons. The van der Waals surface area contributed by atoms with Gasteiger partial charge < -0.3 is 4.74 Å². The van der Waals surface area contributed by atoms with Crippen LogP contribution in [-0.4, -0.2) is 7.11 Å². The third-order valence-corrected chi connectivity index (χ3v) is 3.26. The van der Waals surface area contributed by atoms with Crippen LogP contribution < -0.4 is 0 Å². The molecule has 0 bridgehead atoms. The molecule has 2 rings (SSSR count). The van der Waals surface area contributed by atoms with Crippen LogP contribution in [0.5, 0.6) is 0 Å². The Kier molecular flexibility index (Phi) is 3.96. The lowest BCUT2D eigenvalue weighted by Gasteiger charge is -2.32. The maximum absolute atomic E-state index is 5.88. The highest BCUT2D eigenvalue weighted by molar-refractivity contribution is 5.37. The lowest BCUT2D eigenvalue weighted by atomic mass is 9.83. The van der Waals surface area contributed by atoms with Gasteiger partial charge in [-0.05, 0) is 11.1 Å². The van der Waals surface area contributed by atoms with Crippen molar-refractivity contribution in [2.45, 2.75) is 12.0 Å². The third-order valence-electron chi connectivity index (χ3n) is 3.26. The van der Waals surface area contributed by atoms with E-state index in [1.807, 2.05) is 42.5 Å². The minimum atomic E-state index is -0.440. The van der Waals surface area contributed by atoms with Crippen molar-refractivity contribution in [2.75, 3.05) is 7.11 Å². The summed E-state index contributed by atoms with van der Waals surface area (Å²) in [7, 11) is 1.75. The molecule has 0 unspecified atom stereocenters. The van der Waals surface area contributed by atoms with E-state index in [0.29, 0.717) is 0 Å². The van der Waals surface area contributed by atoms with Crippen molar-refractivity contribution in [3.05, 3.63) is 84.4 Å². The number of methoxy groups -OCH3 is 1. The molecule has 0 fully saturated rings. The Bertz CT molecular complexity index is 448. The van der Waals surface area contributed by atoms with Gasteiger partial charge in [0.15, 0.2) is 0 Å². The molecule has 0 spiro atoms. The largest absolute Gasteiger partial charge is 0.368 e. The molecule has 1 nitrogen and oxygen atoms in total. The molecule has 0 aromatic heterocycles. The van der Waals surface area contributed by atoms with Gasteiger partial charge in [0.2, 0.25) is 0 Å². The summed E-state index contributed by atoms with van der Waals surface area (Å²) in [6.07, 6.45) is 2.65. The zero-order valence-corrected chi connectivity index (χ0v) is 10.7. The minimum absolute atomic E-state index is 0.440. The van der Waals surface area contributed by atoms with Gasteiger partial charge in [0, 0.05) is 13.5 Å². The first-order valence-electron chi connectivity index (χ1n) is 6.10. The normalized spacial score (nSPS) is 11.2. The molecule has 0 saturated carbocycles. The predicted octanol–water partition coefficient (Wildman–Crippen LogP) is 4.15. The van der Waals surface area contributed by atoms with Gasteiger partial charge >= 0.3 is 0 Å². The van der Waals surface area contributed by atoms with E-state index in [-0.39, 0.29) is 0 Å². The second-order valence-corrected chi connectivity index (χ2v) is 4.26. The fraction of sp³-hybridized carbons (Fsp3) is 0.176. The van der Waals surface area contributed by atoms with Crippen molar-refractivity contribution in [2.24, 2.45) is 0 Å². The maximum Gasteiger partial charge on any atom is 0.121 e. The lowest BCUT2D eigenvalue weighted by Crippen LogP contribution is -2.29. The molecule has 18 heavy (non-hydrogen) atoms. The molecule has 1 heteroatoms. The van der Waals surface area contributed by atoms with Crippen LogP contribution in [0.15, 0.2) is 73.3 Å². The van der Waals surface area contributed by atoms with E-state index in [1.165, 1.54) is 0 Å². The maximum atomic E-state index is 5.88. The zero-order valence-electron chi connectivity index (χ0n) is 10.7. The van der Waals surface area contributed by atoms with Crippen LogP contribution in [0.4, 0.5) is 0 Å². The summed E-state index contributed by atoms with van der Waals surface area (Å²) < 4.78 is 5.88. The van der Waals surface area contributed by atoms with Crippen LogP contribution in [0.3, 0.4) is 0 Å². The molecule has 0 saturated heterocycles. The topological polar surface area (TPSA) is 9.23 Å². The standard InChI is InChI=1S/C17H18O/c1-3-14-17(18-2,15-10-6-4-7-11-15)16-12-8-5-9-13-16/h3-13H,1,14H2,2H3. The van der Waals surface area contributed by atoms with Gasteiger partial charge in [-0.3, -0.25) is 0 Å². The molecule has 0 N–H and O–H groups in total. The number of rotatable bonds is 5. The highest BCUT2D eigenvalue weighted by atomic mass is 16.5. The van der Waals surface area contributed by atoms with Crippen molar-refractivity contribution < 1.29 is 4.74 Å². The van der Waals surface area contributed by atoms with E-state index in [4.69, 9.17) is 4.74 Å². The smallest absolute Gasteiger partial charge is 0.121 e. The molecule has 0 heterocycles. The third kappa shape index (κ3) is 2.22. The summed E-state index contributed by atoms with van der Waals surface area (Å²) in [6, 6.07) is 20.6. The molecule has 2 aromatic carbocycles. The van der Waals surface area contributed by atoms with Gasteiger partial charge in [-0.25, -0.2) is 0 Å². The van der Waals surface area contributed by atoms with Crippen molar-refractivity contribution in [1.82, 2.24) is 0 Å². The first-order chi connectivity index (χ1) is 8.83. The quantitative estimate of drug-likeness (QED) is 0.711. The SMILES string of the molecule is C=CCC(OC)(c1ccccc1)c1ccccc1. The fourth-order valence-corrected chi connectivity index (χ4v) is 2.34. The Balaban J connectivity index is 2.57. The van der Waals surface area contributed by atoms with Gasteiger partial charge in [-0.2, -0.15) is 0 Å². The summed E-state index contributed by atoms with van der Waals surface area (Å²) in [6.45, 7) is 3.86. The Morgan fingerprint density at radius 1 is 0.944 bits per heavy atom. The number of ether oxygens (including phenoxy) is 1. The van der Waals surface area contributed by atoms with Crippen LogP contribution in [-0.2, 0) is 10.3 Å². The molecule has 0 aliphatic rings. The second kappa shape index (κ2) is 5.65. The summed E-state index contributed by atoms with van der Waals surface area (Å²) in [5.41, 5.74) is 1.86. The van der Waals surface area contributed by atoms with Crippen molar-refractivity contribution in [3.8, 4) is 0 Å². The van der Waals surface area contributed by atoms with Crippen molar-refractivity contribution in [1.29, 1.82) is 0 Å². The first kappa shape index (κ1) is 12.6. The fourth-order valence-electron chi connectivity index (χ4n) is 2.34. The van der Waals surface area contributed by atoms with Crippen LogP contribution in [0.1, 0.15) is 17.5 Å². The van der Waals surface area contributed by atoms with Crippen molar-refractivity contribution in [3.63, 3.8) is 0 Å². The van der Waals surface area contributed by atoms with Gasteiger partial charge in [0.25, 0.3) is 0 Å². The van der Waals surface area contributed by atoms with Crippen LogP contribution >= 0.6 is 0 Å². The highest BCUT2D eigenvalue weighted by Gasteiger charge is 2.32. The van der Waals surface area contributed by atoms with E-state index in [0.717, 1.165) is 17.5 Å². The first-order valence-corrected chi connectivity index (χ1v) is 6.10. The van der Waals surface area contributed by atoms with Gasteiger partial charge in [0.1, 0.15) is 5.60 Å². The van der Waals surface area contributed by atoms with E-state index >= 15 is 0 Å². The zero-order chi connectivity index (χ0) is 12.8. The van der Waals surface area contributed by atoms with Gasteiger partial charge in [0.05, 0.1) is 0 Å². The van der Waals surface area contributed by atoms with Gasteiger partial charge in [-0.15, -0.1) is 6.58 Å². The average molecular weight is 238 g/mol. The molecule has 0 amide bonds. The predicted molar refractivity (Wildman–Crippen MR) is 75.5 cm³/mol. The Labute approximate surface area is 109 Å². The monoisotopic (exact) mass is 238 g/mol. The average Bonchev–Trinajstić information content (AvgIpc) is 2.47. The second-order valence-electron chi connectivity index (χ2n) is 4.26. The summed E-state index contributed by atoms with van der Waals surface area (Å²) in [4.78, 5) is 0. The Morgan fingerprint density at radius 3 is 1.72 bits per heavy atom. The summed E-state index contributed by atoms with van der Waals surface area (Å²) in [5, 5.41) is 0. The molecule has 0 aliphatic heterocycles. The number of hydrogen-bond acceptors (Lipinski definition) is 1. The minimum Gasteiger partial charge on any atom is -0.368 e. The summed E-state index contributed by atoms with van der Waals surface area (Å²) >= 11 is 0. The van der Waals surface area contributed by atoms with Gasteiger partial charge in [-0.1, -0.05) is 66.7 Å². The van der Waals surface area contributed by atoms with E-state index in [2.05, 4.69) is 30.8 Å². The molecule has 0 radical (unpaired) electrons. The lowest BCUT2D eigenvalue weighted by molar-refractivity contribution is 0.0246. The molecule has 0 aliphatic carbocycles. The Hall–Kier alpha value is -1.86. The van der Waals surface area contributed by atoms with Crippen molar-refractivity contribution >= 4 is 0 Å². The highest BCUT2D eigenvalue weighted by Crippen LogP contribution is 2.36. The molecular formula is C17H18O. The van der Waals surface area contributed by atoms with Crippen LogP contribution in [0, 0.1) is 0 Å². The molecule has 2 aromatic rings. The number of benzene rings is 2. The van der Waals surface area contributed by atoms with Crippen LogP contribution in [0.2, 0.25) is 0 Å². The summed E-state index contributed by atoms with van der Waals surface area (Å²) in [5.74, 6) is 0. The molecule has 0 atom stereocenters. The van der Waals surface area contributed by atoms with E-state index < -0.39 is 5.60 Å². The van der Waals surface area contributed by atoms with Crippen LogP contribution in [0.25, 0.3) is 0 Å². The van der Waals surface area contributed by atoms with E-state index in [9.17, 15) is 0 Å². The van der Waals surface area contributed by atoms with E-state index in [1.54, 1.807) is 7.11 Å². The molecular weight excluding hydrogens is 220 g/mol. The Morgan fingerprint density at radius 2 is 1.39 bits per heavy atom.